The first-order valence-electron chi connectivity index (χ1n) is 6.52. The minimum atomic E-state index is -0.303. The molecule has 1 amide bonds. The molecule has 0 bridgehead atoms. The molecule has 0 radical (unpaired) electrons. The molecule has 0 aliphatic carbocycles. The second-order valence-electron chi connectivity index (χ2n) is 4.83. The van der Waals surface area contributed by atoms with Gasteiger partial charge in [0.1, 0.15) is 17.8 Å². The second-order valence-corrected chi connectivity index (χ2v) is 5.69. The minimum absolute atomic E-state index is 0. The fourth-order valence-electron chi connectivity index (χ4n) is 1.99. The lowest BCUT2D eigenvalue weighted by molar-refractivity contribution is 0.0939. The standard InChI is InChI=1S/C15H16BrFN2O2.ClH/c1-9(4-10-2-3-14(17)13(16)5-10)19-15(20)11-6-12(7-18)21-8-11;/h2-3,5-6,8-9H,4,7,18H2,1H3,(H,19,20);1H. The topological polar surface area (TPSA) is 68.3 Å². The Morgan fingerprint density at radius 1 is 1.45 bits per heavy atom. The normalized spacial score (nSPS) is 11.6. The Kier molecular flexibility index (Phi) is 7.06. The molecule has 0 saturated heterocycles. The van der Waals surface area contributed by atoms with E-state index < -0.39 is 0 Å². The number of nitrogens with one attached hydrogen (secondary N) is 1. The van der Waals surface area contributed by atoms with Crippen LogP contribution in [-0.2, 0) is 13.0 Å². The van der Waals surface area contributed by atoms with Crippen molar-refractivity contribution in [3.05, 3.63) is 57.7 Å². The van der Waals surface area contributed by atoms with E-state index in [1.165, 1.54) is 12.3 Å². The molecule has 7 heteroatoms. The van der Waals surface area contributed by atoms with Crippen LogP contribution in [0.3, 0.4) is 0 Å². The van der Waals surface area contributed by atoms with E-state index >= 15 is 0 Å². The van der Waals surface area contributed by atoms with Gasteiger partial charge in [-0.1, -0.05) is 6.07 Å². The zero-order valence-electron chi connectivity index (χ0n) is 11.9. The van der Waals surface area contributed by atoms with Crippen molar-refractivity contribution in [2.75, 3.05) is 0 Å². The van der Waals surface area contributed by atoms with Crippen LogP contribution in [0.25, 0.3) is 0 Å². The average Bonchev–Trinajstić information content (AvgIpc) is 2.92. The summed E-state index contributed by atoms with van der Waals surface area (Å²) in [6, 6.07) is 6.34. The van der Waals surface area contributed by atoms with Crippen LogP contribution in [0.2, 0.25) is 0 Å². The molecule has 0 spiro atoms. The van der Waals surface area contributed by atoms with Gasteiger partial charge < -0.3 is 15.5 Å². The zero-order chi connectivity index (χ0) is 15.4. The maximum absolute atomic E-state index is 13.2. The predicted molar refractivity (Wildman–Crippen MR) is 88.6 cm³/mol. The summed E-state index contributed by atoms with van der Waals surface area (Å²) in [5.74, 6) is 0.0468. The van der Waals surface area contributed by atoms with Crippen molar-refractivity contribution in [1.82, 2.24) is 5.32 Å². The molecule has 120 valence electrons. The van der Waals surface area contributed by atoms with Gasteiger partial charge in [0.05, 0.1) is 16.6 Å². The molecule has 1 unspecified atom stereocenters. The van der Waals surface area contributed by atoms with Crippen LogP contribution in [0.15, 0.2) is 39.4 Å². The Morgan fingerprint density at radius 2 is 2.18 bits per heavy atom. The fraction of sp³-hybridized carbons (Fsp3) is 0.267. The number of amides is 1. The van der Waals surface area contributed by atoms with Gasteiger partial charge in [0.15, 0.2) is 0 Å². The van der Waals surface area contributed by atoms with Gasteiger partial charge in [0.2, 0.25) is 0 Å². The zero-order valence-corrected chi connectivity index (χ0v) is 14.3. The molecule has 2 aromatic rings. The first-order valence-corrected chi connectivity index (χ1v) is 7.31. The number of hydrogen-bond acceptors (Lipinski definition) is 3. The van der Waals surface area contributed by atoms with Crippen molar-refractivity contribution in [1.29, 1.82) is 0 Å². The van der Waals surface area contributed by atoms with Gasteiger partial charge in [-0.25, -0.2) is 4.39 Å². The monoisotopic (exact) mass is 390 g/mol. The smallest absolute Gasteiger partial charge is 0.254 e. The number of furan rings is 1. The highest BCUT2D eigenvalue weighted by Gasteiger charge is 2.13. The summed E-state index contributed by atoms with van der Waals surface area (Å²) >= 11 is 3.15. The van der Waals surface area contributed by atoms with Crippen molar-refractivity contribution in [3.8, 4) is 0 Å². The molecule has 0 saturated carbocycles. The van der Waals surface area contributed by atoms with E-state index in [1.54, 1.807) is 18.2 Å². The molecule has 1 aromatic carbocycles. The number of halogens is 3. The first kappa shape index (κ1) is 18.7. The number of nitrogens with two attached hydrogens (primary N) is 1. The molecule has 0 aliphatic rings. The average molecular weight is 392 g/mol. The van der Waals surface area contributed by atoms with Crippen LogP contribution in [0, 0.1) is 5.82 Å². The fourth-order valence-corrected chi connectivity index (χ4v) is 2.41. The summed E-state index contributed by atoms with van der Waals surface area (Å²) in [5.41, 5.74) is 6.82. The van der Waals surface area contributed by atoms with Gasteiger partial charge in [-0.2, -0.15) is 0 Å². The summed E-state index contributed by atoms with van der Waals surface area (Å²) in [7, 11) is 0. The van der Waals surface area contributed by atoms with Crippen molar-refractivity contribution >= 4 is 34.2 Å². The number of carbonyl (C=O) groups excluding carboxylic acids is 1. The number of benzene rings is 1. The van der Waals surface area contributed by atoms with E-state index in [1.807, 2.05) is 6.92 Å². The number of hydrogen-bond donors (Lipinski definition) is 2. The van der Waals surface area contributed by atoms with Crippen LogP contribution < -0.4 is 11.1 Å². The van der Waals surface area contributed by atoms with Crippen molar-refractivity contribution < 1.29 is 13.6 Å². The molecule has 3 N–H and O–H groups in total. The van der Waals surface area contributed by atoms with Crippen LogP contribution in [-0.4, -0.2) is 11.9 Å². The maximum Gasteiger partial charge on any atom is 0.254 e. The van der Waals surface area contributed by atoms with Crippen molar-refractivity contribution in [2.45, 2.75) is 25.9 Å². The van der Waals surface area contributed by atoms with E-state index in [0.717, 1.165) is 5.56 Å². The summed E-state index contributed by atoms with van der Waals surface area (Å²) in [4.78, 5) is 12.0. The Balaban J connectivity index is 0.00000242. The lowest BCUT2D eigenvalue weighted by Crippen LogP contribution is -2.33. The van der Waals surface area contributed by atoms with Crippen molar-refractivity contribution in [2.24, 2.45) is 5.73 Å². The quantitative estimate of drug-likeness (QED) is 0.820. The lowest BCUT2D eigenvalue weighted by atomic mass is 10.1. The molecule has 4 nitrogen and oxygen atoms in total. The minimum Gasteiger partial charge on any atom is -0.467 e. The molecular weight excluding hydrogens is 375 g/mol. The predicted octanol–water partition coefficient (Wildman–Crippen LogP) is 3.42. The summed E-state index contributed by atoms with van der Waals surface area (Å²) in [6.45, 7) is 2.14. The van der Waals surface area contributed by atoms with E-state index in [0.29, 0.717) is 22.2 Å². The van der Waals surface area contributed by atoms with E-state index in [9.17, 15) is 9.18 Å². The Morgan fingerprint density at radius 3 is 2.77 bits per heavy atom. The molecule has 0 fully saturated rings. The van der Waals surface area contributed by atoms with Gasteiger partial charge in [-0.3, -0.25) is 4.79 Å². The Bertz CT molecular complexity index is 648. The third kappa shape index (κ3) is 4.83. The van der Waals surface area contributed by atoms with Gasteiger partial charge >= 0.3 is 0 Å². The molecule has 22 heavy (non-hydrogen) atoms. The van der Waals surface area contributed by atoms with Gasteiger partial charge in [0, 0.05) is 6.04 Å². The molecule has 1 heterocycles. The molecular formula is C15H17BrClFN2O2. The van der Waals surface area contributed by atoms with Gasteiger partial charge in [0.25, 0.3) is 5.91 Å². The highest BCUT2D eigenvalue weighted by Crippen LogP contribution is 2.18. The number of rotatable bonds is 5. The summed E-state index contributed by atoms with van der Waals surface area (Å²) in [6.07, 6.45) is 1.99. The summed E-state index contributed by atoms with van der Waals surface area (Å²) in [5, 5.41) is 2.87. The molecule has 1 atom stereocenters. The van der Waals surface area contributed by atoms with Crippen LogP contribution in [0.4, 0.5) is 4.39 Å². The largest absolute Gasteiger partial charge is 0.467 e. The highest BCUT2D eigenvalue weighted by molar-refractivity contribution is 9.10. The van der Waals surface area contributed by atoms with Gasteiger partial charge in [-0.15, -0.1) is 12.4 Å². The van der Waals surface area contributed by atoms with Crippen LogP contribution in [0.5, 0.6) is 0 Å². The molecule has 0 aliphatic heterocycles. The molecule has 2 rings (SSSR count). The van der Waals surface area contributed by atoms with E-state index in [4.69, 9.17) is 10.2 Å². The van der Waals surface area contributed by atoms with E-state index in [-0.39, 0.29) is 36.7 Å². The van der Waals surface area contributed by atoms with Gasteiger partial charge in [-0.05, 0) is 53.0 Å². The SMILES string of the molecule is CC(Cc1ccc(F)c(Br)c1)NC(=O)c1coc(CN)c1.Cl. The van der Waals surface area contributed by atoms with Crippen LogP contribution >= 0.6 is 28.3 Å². The Hall–Kier alpha value is -1.37. The van der Waals surface area contributed by atoms with Crippen LogP contribution in [0.1, 0.15) is 28.6 Å². The third-order valence-electron chi connectivity index (χ3n) is 3.02. The Labute approximate surface area is 142 Å². The highest BCUT2D eigenvalue weighted by atomic mass is 79.9. The summed E-state index contributed by atoms with van der Waals surface area (Å²) < 4.78 is 18.7. The second kappa shape index (κ2) is 8.31. The first-order chi connectivity index (χ1) is 9.99. The number of carbonyl (C=O) groups is 1. The van der Waals surface area contributed by atoms with E-state index in [2.05, 4.69) is 21.2 Å². The van der Waals surface area contributed by atoms with Crippen molar-refractivity contribution in [3.63, 3.8) is 0 Å². The maximum atomic E-state index is 13.2. The third-order valence-corrected chi connectivity index (χ3v) is 3.63. The molecule has 1 aromatic heterocycles. The lowest BCUT2D eigenvalue weighted by Gasteiger charge is -2.13.